The maximum absolute atomic E-state index is 5.73. The summed E-state index contributed by atoms with van der Waals surface area (Å²) in [5.74, 6) is 0.971. The number of hydrogen-bond acceptors (Lipinski definition) is 2. The summed E-state index contributed by atoms with van der Waals surface area (Å²) in [4.78, 5) is 0. The summed E-state index contributed by atoms with van der Waals surface area (Å²) < 4.78 is 5.57. The van der Waals surface area contributed by atoms with Crippen molar-refractivity contribution in [3.8, 4) is 5.75 Å². The minimum absolute atomic E-state index is 0.269. The maximum atomic E-state index is 5.73. The van der Waals surface area contributed by atoms with Gasteiger partial charge in [0, 0.05) is 6.04 Å². The molecule has 1 unspecified atom stereocenters. The molecule has 0 heterocycles. The van der Waals surface area contributed by atoms with E-state index in [1.54, 1.807) is 0 Å². The molecule has 0 aliphatic carbocycles. The van der Waals surface area contributed by atoms with Crippen molar-refractivity contribution in [3.05, 3.63) is 29.8 Å². The van der Waals surface area contributed by atoms with Gasteiger partial charge in [-0.05, 0) is 43.9 Å². The fourth-order valence-corrected chi connectivity index (χ4v) is 1.41. The summed E-state index contributed by atoms with van der Waals surface area (Å²) in [5, 5.41) is 0. The van der Waals surface area contributed by atoms with Crippen molar-refractivity contribution < 1.29 is 4.74 Å². The molecular weight excluding hydrogens is 186 g/mol. The molecule has 84 valence electrons. The van der Waals surface area contributed by atoms with E-state index in [1.807, 2.05) is 19.1 Å². The average molecular weight is 207 g/mol. The Bertz CT molecular complexity index is 284. The lowest BCUT2D eigenvalue weighted by Crippen LogP contribution is -2.15. The summed E-state index contributed by atoms with van der Waals surface area (Å²) in [5.41, 5.74) is 7.03. The van der Waals surface area contributed by atoms with Crippen molar-refractivity contribution in [2.75, 3.05) is 6.61 Å². The molecule has 0 radical (unpaired) electrons. The molecule has 0 saturated heterocycles. The Morgan fingerprint density at radius 2 is 2.20 bits per heavy atom. The molecule has 2 heteroatoms. The lowest BCUT2D eigenvalue weighted by molar-refractivity contribution is 0.317. The monoisotopic (exact) mass is 207 g/mol. The Kier molecular flexibility index (Phi) is 5.19. The van der Waals surface area contributed by atoms with Gasteiger partial charge in [-0.1, -0.05) is 19.1 Å². The van der Waals surface area contributed by atoms with Crippen LogP contribution in [0, 0.1) is 0 Å². The first kappa shape index (κ1) is 12.1. The van der Waals surface area contributed by atoms with E-state index in [0.29, 0.717) is 0 Å². The molecule has 1 rings (SSSR count). The lowest BCUT2D eigenvalue weighted by atomic mass is 10.1. The third-order valence-electron chi connectivity index (χ3n) is 2.26. The quantitative estimate of drug-likeness (QED) is 0.778. The first-order chi connectivity index (χ1) is 7.22. The van der Waals surface area contributed by atoms with Crippen LogP contribution in [0.25, 0.3) is 0 Å². The van der Waals surface area contributed by atoms with Crippen LogP contribution >= 0.6 is 0 Å². The molecule has 2 nitrogen and oxygen atoms in total. The van der Waals surface area contributed by atoms with Gasteiger partial charge in [0.15, 0.2) is 0 Å². The summed E-state index contributed by atoms with van der Waals surface area (Å²) in [6, 6.07) is 8.55. The largest absolute Gasteiger partial charge is 0.494 e. The molecule has 1 aromatic rings. The van der Waals surface area contributed by atoms with Gasteiger partial charge in [0.25, 0.3) is 0 Å². The zero-order chi connectivity index (χ0) is 11.1. The van der Waals surface area contributed by atoms with Crippen LogP contribution in [0.5, 0.6) is 5.75 Å². The van der Waals surface area contributed by atoms with Gasteiger partial charge in [-0.3, -0.25) is 0 Å². The molecule has 1 aromatic carbocycles. The van der Waals surface area contributed by atoms with Gasteiger partial charge in [-0.15, -0.1) is 0 Å². The van der Waals surface area contributed by atoms with Gasteiger partial charge in [-0.25, -0.2) is 0 Å². The lowest BCUT2D eigenvalue weighted by Gasteiger charge is -2.08. The van der Waals surface area contributed by atoms with Gasteiger partial charge >= 0.3 is 0 Å². The molecule has 0 amide bonds. The van der Waals surface area contributed by atoms with Crippen molar-refractivity contribution >= 4 is 0 Å². The first-order valence-electron chi connectivity index (χ1n) is 5.69. The second-order valence-corrected chi connectivity index (χ2v) is 4.01. The second kappa shape index (κ2) is 6.46. The summed E-state index contributed by atoms with van der Waals surface area (Å²) in [6.07, 6.45) is 3.10. The second-order valence-electron chi connectivity index (χ2n) is 4.01. The standard InChI is InChI=1S/C13H21NO/c1-3-9-15-13-6-4-5-12(10-13)8-7-11(2)14/h4-6,10-11H,3,7-9,14H2,1-2H3. The number of nitrogens with two attached hydrogens (primary N) is 1. The van der Waals surface area contributed by atoms with Crippen molar-refractivity contribution in [1.82, 2.24) is 0 Å². The zero-order valence-corrected chi connectivity index (χ0v) is 9.70. The van der Waals surface area contributed by atoms with Crippen molar-refractivity contribution in [2.24, 2.45) is 5.73 Å². The van der Waals surface area contributed by atoms with Crippen molar-refractivity contribution in [1.29, 1.82) is 0 Å². The van der Waals surface area contributed by atoms with Crippen molar-refractivity contribution in [3.63, 3.8) is 0 Å². The van der Waals surface area contributed by atoms with Crippen LogP contribution in [0.4, 0.5) is 0 Å². The summed E-state index contributed by atoms with van der Waals surface area (Å²) in [6.45, 7) is 4.94. The normalized spacial score (nSPS) is 12.5. The van der Waals surface area contributed by atoms with E-state index in [2.05, 4.69) is 19.1 Å². The molecular formula is C13H21NO. The highest BCUT2D eigenvalue weighted by molar-refractivity contribution is 5.28. The fraction of sp³-hybridized carbons (Fsp3) is 0.538. The molecule has 0 aliphatic heterocycles. The highest BCUT2D eigenvalue weighted by Gasteiger charge is 1.99. The van der Waals surface area contributed by atoms with Crippen molar-refractivity contribution in [2.45, 2.75) is 39.2 Å². The van der Waals surface area contributed by atoms with Crippen LogP contribution in [0.15, 0.2) is 24.3 Å². The zero-order valence-electron chi connectivity index (χ0n) is 9.70. The summed E-state index contributed by atoms with van der Waals surface area (Å²) >= 11 is 0. The molecule has 1 atom stereocenters. The highest BCUT2D eigenvalue weighted by atomic mass is 16.5. The minimum atomic E-state index is 0.269. The highest BCUT2D eigenvalue weighted by Crippen LogP contribution is 2.15. The molecule has 2 N–H and O–H groups in total. The molecule has 0 aromatic heterocycles. The average Bonchev–Trinajstić information content (AvgIpc) is 2.24. The van der Waals surface area contributed by atoms with Gasteiger partial charge in [-0.2, -0.15) is 0 Å². The van der Waals surface area contributed by atoms with E-state index in [9.17, 15) is 0 Å². The van der Waals surface area contributed by atoms with Gasteiger partial charge in [0.1, 0.15) is 5.75 Å². The molecule has 15 heavy (non-hydrogen) atoms. The number of ether oxygens (including phenoxy) is 1. The fourth-order valence-electron chi connectivity index (χ4n) is 1.41. The number of rotatable bonds is 6. The van der Waals surface area contributed by atoms with Crippen LogP contribution in [0.3, 0.4) is 0 Å². The third kappa shape index (κ3) is 4.84. The maximum Gasteiger partial charge on any atom is 0.119 e. The predicted molar refractivity (Wildman–Crippen MR) is 64.2 cm³/mol. The Balaban J connectivity index is 2.50. The number of aryl methyl sites for hydroxylation is 1. The van der Waals surface area contributed by atoms with E-state index in [0.717, 1.165) is 31.6 Å². The topological polar surface area (TPSA) is 35.2 Å². The molecule has 0 saturated carbocycles. The molecule has 0 bridgehead atoms. The number of hydrogen-bond donors (Lipinski definition) is 1. The van der Waals surface area contributed by atoms with E-state index >= 15 is 0 Å². The molecule has 0 fully saturated rings. The Hall–Kier alpha value is -1.02. The first-order valence-corrected chi connectivity index (χ1v) is 5.69. The Labute approximate surface area is 92.4 Å². The van der Waals surface area contributed by atoms with Gasteiger partial charge in [0.2, 0.25) is 0 Å². The third-order valence-corrected chi connectivity index (χ3v) is 2.26. The van der Waals surface area contributed by atoms with E-state index < -0.39 is 0 Å². The van der Waals surface area contributed by atoms with Crippen LogP contribution in [0.1, 0.15) is 32.3 Å². The van der Waals surface area contributed by atoms with Crippen LogP contribution in [-0.2, 0) is 6.42 Å². The molecule has 0 spiro atoms. The summed E-state index contributed by atoms with van der Waals surface area (Å²) in [7, 11) is 0. The predicted octanol–water partition coefficient (Wildman–Crippen LogP) is 2.76. The van der Waals surface area contributed by atoms with E-state index in [1.165, 1.54) is 5.56 Å². The molecule has 0 aliphatic rings. The van der Waals surface area contributed by atoms with E-state index in [-0.39, 0.29) is 6.04 Å². The van der Waals surface area contributed by atoms with Crippen LogP contribution < -0.4 is 10.5 Å². The van der Waals surface area contributed by atoms with E-state index in [4.69, 9.17) is 10.5 Å². The van der Waals surface area contributed by atoms with Crippen LogP contribution in [-0.4, -0.2) is 12.6 Å². The smallest absolute Gasteiger partial charge is 0.119 e. The van der Waals surface area contributed by atoms with Crippen LogP contribution in [0.2, 0.25) is 0 Å². The Morgan fingerprint density at radius 3 is 2.87 bits per heavy atom. The Morgan fingerprint density at radius 1 is 1.40 bits per heavy atom. The van der Waals surface area contributed by atoms with Gasteiger partial charge in [0.05, 0.1) is 6.61 Å². The number of benzene rings is 1. The SMILES string of the molecule is CCCOc1cccc(CCC(C)N)c1. The minimum Gasteiger partial charge on any atom is -0.494 e. The van der Waals surface area contributed by atoms with Gasteiger partial charge < -0.3 is 10.5 Å².